The van der Waals surface area contributed by atoms with E-state index in [1.165, 1.54) is 109 Å². The second-order valence-electron chi connectivity index (χ2n) is 16.5. The van der Waals surface area contributed by atoms with Gasteiger partial charge in [-0.25, -0.2) is 0 Å². The van der Waals surface area contributed by atoms with E-state index in [9.17, 15) is 0 Å². The summed E-state index contributed by atoms with van der Waals surface area (Å²) in [6, 6.07) is 59.0. The zero-order chi connectivity index (χ0) is 37.5. The molecule has 0 atom stereocenters. The average molecular weight is 755 g/mol. The normalized spacial score (nSPS) is 15.9. The Morgan fingerprint density at radius 2 is 0.696 bits per heavy atom. The second-order valence-corrected chi connectivity index (χ2v) is 18.7. The lowest BCUT2D eigenvalue weighted by atomic mass is 9.71. The molecule has 2 aliphatic heterocycles. The van der Waals surface area contributed by atoms with Gasteiger partial charge in [-0.3, -0.25) is 0 Å². The van der Waals surface area contributed by atoms with Crippen LogP contribution in [0.3, 0.4) is 0 Å². The van der Waals surface area contributed by atoms with Gasteiger partial charge in [0.05, 0.1) is 22.7 Å². The van der Waals surface area contributed by atoms with Crippen molar-refractivity contribution in [1.29, 1.82) is 0 Å². The fourth-order valence-electron chi connectivity index (χ4n) is 10.3. The Morgan fingerprint density at radius 3 is 1.05 bits per heavy atom. The number of para-hydroxylation sites is 4. The summed E-state index contributed by atoms with van der Waals surface area (Å²) < 4.78 is 0. The molecule has 4 heteroatoms. The zero-order valence-electron chi connectivity index (χ0n) is 31.7. The highest BCUT2D eigenvalue weighted by atomic mass is 32.2. The van der Waals surface area contributed by atoms with Gasteiger partial charge < -0.3 is 9.80 Å². The molecule has 0 radical (unpaired) electrons. The quantitative estimate of drug-likeness (QED) is 0.173. The molecule has 0 unspecified atom stereocenters. The number of hydrogen-bond donors (Lipinski definition) is 0. The summed E-state index contributed by atoms with van der Waals surface area (Å²) in [4.78, 5) is 10.1. The van der Waals surface area contributed by atoms with Crippen LogP contribution >= 0.6 is 23.5 Å². The van der Waals surface area contributed by atoms with E-state index in [0.29, 0.717) is 0 Å². The van der Waals surface area contributed by atoms with Gasteiger partial charge in [0.15, 0.2) is 0 Å². The molecule has 0 spiro atoms. The molecule has 0 saturated heterocycles. The Kier molecular flexibility index (Phi) is 6.65. The molecule has 2 nitrogen and oxygen atoms in total. The molecule has 0 N–H and O–H groups in total. The van der Waals surface area contributed by atoms with E-state index in [-0.39, 0.29) is 10.8 Å². The third-order valence-corrected chi connectivity index (χ3v) is 15.0. The first kappa shape index (κ1) is 32.6. The van der Waals surface area contributed by atoms with Gasteiger partial charge in [0.1, 0.15) is 0 Å². The van der Waals surface area contributed by atoms with Gasteiger partial charge in [-0.15, -0.1) is 0 Å². The lowest BCUT2D eigenvalue weighted by Crippen LogP contribution is -2.25. The van der Waals surface area contributed by atoms with Crippen LogP contribution in [0.5, 0.6) is 0 Å². The number of fused-ring (bicyclic) bond motifs is 14. The van der Waals surface area contributed by atoms with Crippen molar-refractivity contribution in [2.24, 2.45) is 0 Å². The maximum Gasteiger partial charge on any atom is 0.0601 e. The number of nitrogens with zero attached hydrogens (tertiary/aromatic N) is 2. The minimum absolute atomic E-state index is 0.234. The summed E-state index contributed by atoms with van der Waals surface area (Å²) in [6.07, 6.45) is 0. The lowest BCUT2D eigenvalue weighted by Gasteiger charge is -2.34. The van der Waals surface area contributed by atoms with E-state index in [1.54, 1.807) is 0 Å². The Hall–Kier alpha value is -5.68. The highest BCUT2D eigenvalue weighted by Gasteiger charge is 2.48. The van der Waals surface area contributed by atoms with E-state index in [2.05, 4.69) is 195 Å². The molecule has 8 aromatic rings. The third kappa shape index (κ3) is 4.26. The summed E-state index contributed by atoms with van der Waals surface area (Å²) in [5, 5.41) is 2.68. The van der Waals surface area contributed by atoms with Gasteiger partial charge in [0.2, 0.25) is 0 Å². The predicted octanol–water partition coefficient (Wildman–Crippen LogP) is 15.3. The zero-order valence-corrected chi connectivity index (χ0v) is 33.4. The summed E-state index contributed by atoms with van der Waals surface area (Å²) in [6.45, 7) is 9.87. The van der Waals surface area contributed by atoms with Gasteiger partial charge in [0.25, 0.3) is 0 Å². The largest absolute Gasteiger partial charge is 0.308 e. The smallest absolute Gasteiger partial charge is 0.0601 e. The van der Waals surface area contributed by atoms with Crippen LogP contribution in [0, 0.1) is 0 Å². The van der Waals surface area contributed by atoms with Crippen molar-refractivity contribution in [1.82, 2.24) is 0 Å². The van der Waals surface area contributed by atoms with E-state index in [1.807, 2.05) is 23.5 Å². The second kappa shape index (κ2) is 11.4. The van der Waals surface area contributed by atoms with Crippen molar-refractivity contribution in [3.63, 3.8) is 0 Å². The number of benzene rings is 8. The molecule has 4 aliphatic rings. The number of rotatable bonds is 2. The molecule has 56 heavy (non-hydrogen) atoms. The first-order valence-electron chi connectivity index (χ1n) is 19.5. The maximum absolute atomic E-state index is 2.50. The Morgan fingerprint density at radius 1 is 0.375 bits per heavy atom. The molecule has 268 valence electrons. The molecular weight excluding hydrogens is 717 g/mol. The van der Waals surface area contributed by atoms with Crippen LogP contribution in [-0.4, -0.2) is 0 Å². The van der Waals surface area contributed by atoms with Crippen molar-refractivity contribution in [3.8, 4) is 22.3 Å². The Balaban J connectivity index is 1.06. The molecule has 2 aliphatic carbocycles. The van der Waals surface area contributed by atoms with Crippen LogP contribution in [0.2, 0.25) is 0 Å². The number of hydrogen-bond acceptors (Lipinski definition) is 4. The molecule has 8 aromatic carbocycles. The minimum atomic E-state index is -0.234. The van der Waals surface area contributed by atoms with E-state index >= 15 is 0 Å². The van der Waals surface area contributed by atoms with Crippen LogP contribution in [-0.2, 0) is 10.8 Å². The van der Waals surface area contributed by atoms with Crippen LogP contribution in [0.4, 0.5) is 34.1 Å². The molecule has 0 aromatic heterocycles. The summed E-state index contributed by atoms with van der Waals surface area (Å²) >= 11 is 3.72. The van der Waals surface area contributed by atoms with Crippen LogP contribution in [0.1, 0.15) is 49.9 Å². The first-order valence-corrected chi connectivity index (χ1v) is 21.2. The minimum Gasteiger partial charge on any atom is -0.308 e. The van der Waals surface area contributed by atoms with Crippen molar-refractivity contribution >= 4 is 68.4 Å². The molecule has 12 rings (SSSR count). The van der Waals surface area contributed by atoms with Gasteiger partial charge >= 0.3 is 0 Å². The van der Waals surface area contributed by atoms with Gasteiger partial charge in [-0.05, 0) is 128 Å². The summed E-state index contributed by atoms with van der Waals surface area (Å²) in [5.41, 5.74) is 18.1. The SMILES string of the molecule is CC1(C)c2cc(N3c4ccccc4Sc4ccccc43)ccc2-c2c1c1c(c3ccccc23)-c2ccc(N3c4ccccc4Sc4ccccc43)cc2C1(C)C. The van der Waals surface area contributed by atoms with Crippen molar-refractivity contribution in [2.75, 3.05) is 9.80 Å². The van der Waals surface area contributed by atoms with Crippen molar-refractivity contribution in [2.45, 2.75) is 58.1 Å². The first-order chi connectivity index (χ1) is 27.3. The maximum atomic E-state index is 2.50. The fraction of sp³-hybridized carbons (Fsp3) is 0.115. The predicted molar refractivity (Wildman–Crippen MR) is 237 cm³/mol. The molecule has 0 bridgehead atoms. The standard InChI is InChI=1S/C52H38N2S2/c1-51(2)37-29-31(53-39-17-7-11-21-43(39)55-44-22-12-8-18-40(44)53)25-27-35(37)47-33-15-5-6-16-34(33)48-36-28-26-32(30-38(36)52(3,4)50(48)49(47)51)54-41-19-9-13-23-45(41)56-46-24-14-10-20-42(46)54/h5-30H,1-4H3. The molecule has 2 heterocycles. The van der Waals surface area contributed by atoms with Gasteiger partial charge in [-0.2, -0.15) is 0 Å². The fourth-order valence-corrected chi connectivity index (χ4v) is 12.4. The van der Waals surface area contributed by atoms with Crippen molar-refractivity contribution < 1.29 is 0 Å². The van der Waals surface area contributed by atoms with E-state index in [4.69, 9.17) is 0 Å². The Bertz CT molecular complexity index is 2720. The van der Waals surface area contributed by atoms with E-state index < -0.39 is 0 Å². The Labute approximate surface area is 336 Å². The van der Waals surface area contributed by atoms with Crippen LogP contribution < -0.4 is 9.80 Å². The van der Waals surface area contributed by atoms with Crippen LogP contribution in [0.15, 0.2) is 177 Å². The lowest BCUT2D eigenvalue weighted by molar-refractivity contribution is 0.602. The van der Waals surface area contributed by atoms with Crippen molar-refractivity contribution in [3.05, 3.63) is 180 Å². The van der Waals surface area contributed by atoms with Gasteiger partial charge in [0, 0.05) is 41.8 Å². The topological polar surface area (TPSA) is 6.48 Å². The van der Waals surface area contributed by atoms with E-state index in [0.717, 1.165) is 0 Å². The highest BCUT2D eigenvalue weighted by molar-refractivity contribution is 8.00. The highest BCUT2D eigenvalue weighted by Crippen LogP contribution is 2.63. The monoisotopic (exact) mass is 754 g/mol. The summed E-state index contributed by atoms with van der Waals surface area (Å²) in [5.74, 6) is 0. The summed E-state index contributed by atoms with van der Waals surface area (Å²) in [7, 11) is 0. The molecular formula is C52H38N2S2. The number of anilines is 6. The molecule has 0 fully saturated rings. The average Bonchev–Trinajstić information content (AvgIpc) is 3.60. The van der Waals surface area contributed by atoms with Gasteiger partial charge in [-0.1, -0.05) is 136 Å². The van der Waals surface area contributed by atoms with Crippen LogP contribution in [0.25, 0.3) is 33.0 Å². The third-order valence-electron chi connectivity index (χ3n) is 12.7. The molecule has 0 amide bonds. The molecule has 0 saturated carbocycles.